The number of esters is 1. The van der Waals surface area contributed by atoms with Crippen LogP contribution in [-0.4, -0.2) is 17.6 Å². The molecule has 20 heavy (non-hydrogen) atoms. The van der Waals surface area contributed by atoms with Crippen molar-refractivity contribution in [2.24, 2.45) is 0 Å². The van der Waals surface area contributed by atoms with Crippen molar-refractivity contribution >= 4 is 5.97 Å². The molecule has 0 radical (unpaired) electrons. The largest absolute Gasteiger partial charge is 0.469 e. The highest BCUT2D eigenvalue weighted by atomic mass is 16.5. The number of oxazole rings is 1. The molecule has 0 unspecified atom stereocenters. The van der Waals surface area contributed by atoms with E-state index in [0.717, 1.165) is 36.3 Å². The second kappa shape index (κ2) is 5.15. The summed E-state index contributed by atoms with van der Waals surface area (Å²) < 4.78 is 16.1. The molecule has 1 saturated carbocycles. The highest BCUT2D eigenvalue weighted by Gasteiger charge is 2.34. The quantitative estimate of drug-likeness (QED) is 0.781. The zero-order valence-electron chi connectivity index (χ0n) is 11.6. The van der Waals surface area contributed by atoms with Crippen LogP contribution >= 0.6 is 0 Å². The maximum Gasteiger partial charge on any atom is 0.376 e. The molecule has 1 aliphatic rings. The van der Waals surface area contributed by atoms with Crippen LogP contribution in [0.3, 0.4) is 0 Å². The van der Waals surface area contributed by atoms with Gasteiger partial charge >= 0.3 is 5.97 Å². The van der Waals surface area contributed by atoms with Crippen molar-refractivity contribution in [1.82, 2.24) is 4.98 Å². The van der Waals surface area contributed by atoms with E-state index in [-0.39, 0.29) is 5.76 Å². The summed E-state index contributed by atoms with van der Waals surface area (Å²) in [6.07, 6.45) is 4.45. The van der Waals surface area contributed by atoms with E-state index in [9.17, 15) is 4.79 Å². The third kappa shape index (κ3) is 2.24. The zero-order chi connectivity index (χ0) is 14.1. The third-order valence-electron chi connectivity index (χ3n) is 3.38. The first kappa shape index (κ1) is 13.0. The maximum atomic E-state index is 12.0. The van der Waals surface area contributed by atoms with E-state index in [1.807, 2.05) is 13.0 Å². The normalized spacial score (nSPS) is 14.5. The topological polar surface area (TPSA) is 65.5 Å². The fourth-order valence-electron chi connectivity index (χ4n) is 2.23. The van der Waals surface area contributed by atoms with Gasteiger partial charge in [0.15, 0.2) is 0 Å². The molecule has 0 spiro atoms. The molecule has 5 heteroatoms. The fraction of sp³-hybridized carbons (Fsp3) is 0.467. The molecule has 1 fully saturated rings. The molecule has 0 amide bonds. The number of hydrogen-bond acceptors (Lipinski definition) is 5. The van der Waals surface area contributed by atoms with Crippen LogP contribution in [0.1, 0.15) is 54.6 Å². The third-order valence-corrected chi connectivity index (χ3v) is 3.38. The van der Waals surface area contributed by atoms with E-state index in [4.69, 9.17) is 13.6 Å². The van der Waals surface area contributed by atoms with E-state index in [1.165, 1.54) is 0 Å². The molecule has 0 aromatic carbocycles. The minimum atomic E-state index is -0.435. The highest BCUT2D eigenvalue weighted by Crippen LogP contribution is 2.43. The number of ether oxygens (including phenoxy) is 1. The summed E-state index contributed by atoms with van der Waals surface area (Å²) in [6.45, 7) is 4.10. The number of furan rings is 1. The lowest BCUT2D eigenvalue weighted by Crippen LogP contribution is -2.05. The van der Waals surface area contributed by atoms with Crippen molar-refractivity contribution in [2.45, 2.75) is 39.0 Å². The summed E-state index contributed by atoms with van der Waals surface area (Å²) in [5, 5.41) is 0. The van der Waals surface area contributed by atoms with Gasteiger partial charge in [-0.05, 0) is 25.8 Å². The van der Waals surface area contributed by atoms with Crippen molar-refractivity contribution in [1.29, 1.82) is 0 Å². The predicted molar refractivity (Wildman–Crippen MR) is 71.5 cm³/mol. The number of aryl methyl sites for hydroxylation is 1. The van der Waals surface area contributed by atoms with Gasteiger partial charge in [-0.3, -0.25) is 0 Å². The predicted octanol–water partition coefficient (Wildman–Crippen LogP) is 3.55. The van der Waals surface area contributed by atoms with E-state index >= 15 is 0 Å². The second-order valence-electron chi connectivity index (χ2n) is 4.84. The van der Waals surface area contributed by atoms with Crippen molar-refractivity contribution in [3.05, 3.63) is 29.5 Å². The van der Waals surface area contributed by atoms with E-state index in [0.29, 0.717) is 18.4 Å². The van der Waals surface area contributed by atoms with E-state index in [2.05, 4.69) is 4.98 Å². The van der Waals surface area contributed by atoms with Gasteiger partial charge in [0.25, 0.3) is 0 Å². The van der Waals surface area contributed by atoms with Gasteiger partial charge in [0, 0.05) is 12.3 Å². The number of carbonyl (C=O) groups is 1. The number of hydrogen-bond donors (Lipinski definition) is 0. The van der Waals surface area contributed by atoms with Gasteiger partial charge in [0.1, 0.15) is 5.76 Å². The summed E-state index contributed by atoms with van der Waals surface area (Å²) >= 11 is 0. The first-order valence-electron chi connectivity index (χ1n) is 6.99. The Balaban J connectivity index is 2.01. The van der Waals surface area contributed by atoms with Gasteiger partial charge in [0.2, 0.25) is 11.7 Å². The average molecular weight is 275 g/mol. The van der Waals surface area contributed by atoms with Crippen LogP contribution in [-0.2, 0) is 11.2 Å². The Labute approximate surface area is 116 Å². The standard InChI is InChI=1S/C15H17NO4/c1-3-11-10(7-8-19-11)14-16-12(9-5-6-9)13(20-14)15(17)18-4-2/h7-9H,3-6H2,1-2H3. The van der Waals surface area contributed by atoms with Crippen molar-refractivity contribution in [3.63, 3.8) is 0 Å². The van der Waals surface area contributed by atoms with E-state index in [1.54, 1.807) is 13.2 Å². The van der Waals surface area contributed by atoms with Crippen molar-refractivity contribution in [3.8, 4) is 11.5 Å². The van der Waals surface area contributed by atoms with Crippen LogP contribution in [0.15, 0.2) is 21.2 Å². The molecule has 0 N–H and O–H groups in total. The SMILES string of the molecule is CCOC(=O)c1oc(-c2ccoc2CC)nc1C1CC1. The Morgan fingerprint density at radius 1 is 1.45 bits per heavy atom. The molecule has 5 nitrogen and oxygen atoms in total. The minimum Gasteiger partial charge on any atom is -0.469 e. The van der Waals surface area contributed by atoms with Crippen LogP contribution in [0.4, 0.5) is 0 Å². The molecule has 2 heterocycles. The molecule has 106 valence electrons. The van der Waals surface area contributed by atoms with Gasteiger partial charge in [-0.25, -0.2) is 9.78 Å². The molecular weight excluding hydrogens is 258 g/mol. The van der Waals surface area contributed by atoms with Crippen LogP contribution in [0, 0.1) is 0 Å². The molecule has 2 aromatic heterocycles. The number of aromatic nitrogens is 1. The molecule has 0 saturated heterocycles. The summed E-state index contributed by atoms with van der Waals surface area (Å²) in [5.74, 6) is 1.38. The monoisotopic (exact) mass is 275 g/mol. The van der Waals surface area contributed by atoms with E-state index < -0.39 is 5.97 Å². The van der Waals surface area contributed by atoms with Gasteiger partial charge in [-0.2, -0.15) is 0 Å². The Bertz CT molecular complexity index is 622. The molecule has 2 aromatic rings. The van der Waals surface area contributed by atoms with Gasteiger partial charge in [-0.15, -0.1) is 0 Å². The lowest BCUT2D eigenvalue weighted by Gasteiger charge is -1.99. The van der Waals surface area contributed by atoms with Crippen LogP contribution < -0.4 is 0 Å². The van der Waals surface area contributed by atoms with Crippen LogP contribution in [0.2, 0.25) is 0 Å². The highest BCUT2D eigenvalue weighted by molar-refractivity contribution is 5.88. The molecule has 0 aliphatic heterocycles. The molecule has 0 atom stereocenters. The lowest BCUT2D eigenvalue weighted by atomic mass is 10.2. The molecule has 3 rings (SSSR count). The summed E-state index contributed by atoms with van der Waals surface area (Å²) in [5.41, 5.74) is 1.53. The maximum absolute atomic E-state index is 12.0. The smallest absolute Gasteiger partial charge is 0.376 e. The molecule has 0 bridgehead atoms. The van der Waals surface area contributed by atoms with Gasteiger partial charge < -0.3 is 13.6 Å². The fourth-order valence-corrected chi connectivity index (χ4v) is 2.23. The zero-order valence-corrected chi connectivity index (χ0v) is 11.6. The van der Waals surface area contributed by atoms with Crippen molar-refractivity contribution in [2.75, 3.05) is 6.61 Å². The second-order valence-corrected chi connectivity index (χ2v) is 4.84. The Kier molecular flexibility index (Phi) is 3.34. The Morgan fingerprint density at radius 3 is 2.90 bits per heavy atom. The van der Waals surface area contributed by atoms with Crippen molar-refractivity contribution < 1.29 is 18.4 Å². The molecular formula is C15H17NO4. The summed E-state index contributed by atoms with van der Waals surface area (Å²) in [7, 11) is 0. The first-order chi connectivity index (χ1) is 9.74. The lowest BCUT2D eigenvalue weighted by molar-refractivity contribution is 0.0489. The number of nitrogens with zero attached hydrogens (tertiary/aromatic N) is 1. The minimum absolute atomic E-state index is 0.243. The van der Waals surface area contributed by atoms with Crippen LogP contribution in [0.5, 0.6) is 0 Å². The first-order valence-corrected chi connectivity index (χ1v) is 6.99. The summed E-state index contributed by atoms with van der Waals surface area (Å²) in [4.78, 5) is 16.5. The Hall–Kier alpha value is -2.04. The van der Waals surface area contributed by atoms with Crippen LogP contribution in [0.25, 0.3) is 11.5 Å². The Morgan fingerprint density at radius 2 is 2.25 bits per heavy atom. The number of rotatable bonds is 5. The number of carbonyl (C=O) groups excluding carboxylic acids is 1. The molecule has 1 aliphatic carbocycles. The average Bonchev–Trinajstić information content (AvgIpc) is 3.03. The van der Waals surface area contributed by atoms with Gasteiger partial charge in [-0.1, -0.05) is 6.92 Å². The van der Waals surface area contributed by atoms with Gasteiger partial charge in [0.05, 0.1) is 24.1 Å². The summed E-state index contributed by atoms with van der Waals surface area (Å²) in [6, 6.07) is 1.82.